The SMILES string of the molecule is CC(C)(C)c1ccnc(-n2c3ccccc3c3ccc(Oc4cccc(-n5[c-][n+](-c6c(-c7ccc8c(c7)C(C)(C)CCC8(C)C)cc7c(c6-c6ccc8c(c6)C(C)(C)CCC8(C)C)C(F)(F)C(F)(F)C(F)(F)C7(F)F)c6ccccc65)c4)cc32)c1. The van der Waals surface area contributed by atoms with Crippen LogP contribution < -0.4 is 9.30 Å². The molecule has 3 aliphatic carbocycles. The summed E-state index contributed by atoms with van der Waals surface area (Å²) in [5, 5.41) is 2.02. The van der Waals surface area contributed by atoms with Gasteiger partial charge in [-0.2, -0.15) is 35.1 Å². The molecule has 0 amide bonds. The van der Waals surface area contributed by atoms with Crippen LogP contribution >= 0.6 is 0 Å². The van der Waals surface area contributed by atoms with Crippen molar-refractivity contribution in [2.24, 2.45) is 0 Å². The molecule has 0 saturated heterocycles. The molecule has 10 aromatic rings. The number of benzene rings is 7. The van der Waals surface area contributed by atoms with Crippen molar-refractivity contribution < 1.29 is 44.4 Å². The number of alkyl halides is 8. The number of hydrogen-bond donors (Lipinski definition) is 0. The van der Waals surface area contributed by atoms with Crippen molar-refractivity contribution in [2.45, 2.75) is 153 Å². The van der Waals surface area contributed by atoms with E-state index in [0.717, 1.165) is 69.1 Å². The number of ether oxygens (including phenoxy) is 1. The van der Waals surface area contributed by atoms with Crippen LogP contribution in [0.5, 0.6) is 11.5 Å². The van der Waals surface area contributed by atoms with Gasteiger partial charge in [-0.15, -0.1) is 0 Å². The molecule has 0 radical (unpaired) electrons. The Bertz CT molecular complexity index is 4420. The van der Waals surface area contributed by atoms with Crippen molar-refractivity contribution in [1.82, 2.24) is 14.1 Å². The van der Waals surface area contributed by atoms with Crippen molar-refractivity contribution in [1.29, 1.82) is 0 Å². The second-order valence-corrected chi connectivity index (χ2v) is 27.5. The Labute approximate surface area is 489 Å². The van der Waals surface area contributed by atoms with Gasteiger partial charge in [-0.25, -0.2) is 4.98 Å². The minimum absolute atomic E-state index is 0.115. The number of hydrogen-bond acceptors (Lipinski definition) is 2. The van der Waals surface area contributed by atoms with Crippen molar-refractivity contribution >= 4 is 32.8 Å². The van der Waals surface area contributed by atoms with Gasteiger partial charge in [0.25, 0.3) is 6.33 Å². The first-order valence-corrected chi connectivity index (χ1v) is 29.0. The number of pyridine rings is 1. The van der Waals surface area contributed by atoms with Crippen LogP contribution in [0.1, 0.15) is 141 Å². The quantitative estimate of drug-likeness (QED) is 0.0906. The van der Waals surface area contributed by atoms with Gasteiger partial charge in [0.15, 0.2) is 0 Å². The van der Waals surface area contributed by atoms with Crippen LogP contribution in [0.4, 0.5) is 35.1 Å². The summed E-state index contributed by atoms with van der Waals surface area (Å²) < 4.78 is 146. The molecule has 0 spiro atoms. The van der Waals surface area contributed by atoms with Gasteiger partial charge < -0.3 is 4.74 Å². The molecular weight excluding hydrogens is 1090 g/mol. The van der Waals surface area contributed by atoms with Crippen LogP contribution in [0.15, 0.2) is 152 Å². The molecule has 0 bridgehead atoms. The van der Waals surface area contributed by atoms with Crippen molar-refractivity contribution in [2.75, 3.05) is 0 Å². The third kappa shape index (κ3) is 8.35. The number of rotatable bonds is 7. The molecule has 3 heterocycles. The summed E-state index contributed by atoms with van der Waals surface area (Å²) in [5.41, 5.74) is 0.938. The molecule has 0 unspecified atom stereocenters. The summed E-state index contributed by atoms with van der Waals surface area (Å²) in [4.78, 5) is 4.83. The Balaban J connectivity index is 1.06. The molecule has 3 aliphatic rings. The third-order valence-electron chi connectivity index (χ3n) is 19.0. The maximum Gasteiger partial charge on any atom is 0.382 e. The van der Waals surface area contributed by atoms with Gasteiger partial charge in [0.2, 0.25) is 0 Å². The molecule has 0 atom stereocenters. The highest BCUT2D eigenvalue weighted by Gasteiger charge is 2.85. The number of fused-ring (bicyclic) bond motifs is 7. The lowest BCUT2D eigenvalue weighted by Crippen LogP contribution is -2.64. The van der Waals surface area contributed by atoms with Gasteiger partial charge in [-0.3, -0.25) is 13.7 Å². The minimum atomic E-state index is -6.54. The second-order valence-electron chi connectivity index (χ2n) is 27.5. The van der Waals surface area contributed by atoms with Gasteiger partial charge in [0.05, 0.1) is 33.4 Å². The topological polar surface area (TPSA) is 35.9 Å². The lowest BCUT2D eigenvalue weighted by atomic mass is 9.62. The Kier molecular flexibility index (Phi) is 12.2. The van der Waals surface area contributed by atoms with E-state index in [1.54, 1.807) is 71.3 Å². The summed E-state index contributed by atoms with van der Waals surface area (Å²) >= 11 is 0. The molecule has 13 heteroatoms. The fourth-order valence-electron chi connectivity index (χ4n) is 13.7. The fraction of sp³-hybridized carbons (Fsp3) is 0.333. The highest BCUT2D eigenvalue weighted by Crippen LogP contribution is 2.67. The van der Waals surface area contributed by atoms with Crippen LogP contribution in [0.25, 0.3) is 72.3 Å². The van der Waals surface area contributed by atoms with Gasteiger partial charge in [0, 0.05) is 39.7 Å². The van der Waals surface area contributed by atoms with Crippen LogP contribution in [0, 0.1) is 6.33 Å². The summed E-state index contributed by atoms with van der Waals surface area (Å²) in [6, 6.07) is 43.0. The predicted molar refractivity (Wildman–Crippen MR) is 320 cm³/mol. The highest BCUT2D eigenvalue weighted by atomic mass is 19.4. The lowest BCUT2D eigenvalue weighted by Gasteiger charge is -2.45. The molecular formula is C72H66F8N4O. The Morgan fingerprint density at radius 2 is 1.07 bits per heavy atom. The Morgan fingerprint density at radius 1 is 0.506 bits per heavy atom. The summed E-state index contributed by atoms with van der Waals surface area (Å²) in [6.07, 6.45) is 8.20. The Morgan fingerprint density at radius 3 is 1.73 bits per heavy atom. The molecule has 436 valence electrons. The summed E-state index contributed by atoms with van der Waals surface area (Å²) in [7, 11) is 0. The molecule has 3 aromatic heterocycles. The van der Waals surface area contributed by atoms with Gasteiger partial charge in [0.1, 0.15) is 17.3 Å². The normalized spacial score (nSPS) is 19.3. The van der Waals surface area contributed by atoms with E-state index < -0.39 is 56.6 Å². The summed E-state index contributed by atoms with van der Waals surface area (Å²) in [6.45, 7) is 22.9. The predicted octanol–water partition coefficient (Wildman–Crippen LogP) is 19.8. The zero-order chi connectivity index (χ0) is 60.6. The number of para-hydroxylation sites is 3. The average Bonchev–Trinajstić information content (AvgIpc) is 0.994. The first-order valence-electron chi connectivity index (χ1n) is 29.0. The molecule has 7 aromatic carbocycles. The number of imidazole rings is 1. The minimum Gasteiger partial charge on any atom is -0.458 e. The van der Waals surface area contributed by atoms with E-state index >= 15 is 35.1 Å². The Hall–Kier alpha value is -7.80. The standard InChI is InChI=1S/C72H66F8N4O/c1-64(2,3)44-29-34-81-60(37-44)84-56-20-13-12-19-48(56)49-26-25-47(39-59(49)84)85-46-18-16-17-45(38-46)82-41-83(58-22-15-14-21-57(58)82)63-50(42-23-27-51-53(35-42)67(8,9)32-30-65(51,4)5)40-55-62(70(75,76)72(79,80)71(77,78)69(55,73)74)61(63)43-24-28-52-54(36-43)68(10,11)33-31-66(52,6)7/h12-29,34-40H,30-33H2,1-11H3. The maximum absolute atomic E-state index is 17.5. The molecule has 0 N–H and O–H groups in total. The molecule has 85 heavy (non-hydrogen) atoms. The fourth-order valence-corrected chi connectivity index (χ4v) is 13.7. The van der Waals surface area contributed by atoms with E-state index in [-0.39, 0.29) is 33.2 Å². The first kappa shape index (κ1) is 56.3. The first-order chi connectivity index (χ1) is 39.8. The molecule has 0 fully saturated rings. The zero-order valence-corrected chi connectivity index (χ0v) is 49.5. The van der Waals surface area contributed by atoms with Crippen LogP contribution in [-0.4, -0.2) is 26.0 Å². The van der Waals surface area contributed by atoms with Crippen LogP contribution in [-0.2, 0) is 38.9 Å². The van der Waals surface area contributed by atoms with E-state index in [1.807, 2.05) is 68.6 Å². The largest absolute Gasteiger partial charge is 0.458 e. The molecule has 0 saturated carbocycles. The smallest absolute Gasteiger partial charge is 0.382 e. The van der Waals surface area contributed by atoms with Crippen molar-refractivity contribution in [3.8, 4) is 50.9 Å². The maximum atomic E-state index is 17.5. The van der Waals surface area contributed by atoms with Gasteiger partial charge in [-0.1, -0.05) is 161 Å². The van der Waals surface area contributed by atoms with Crippen LogP contribution in [0.3, 0.4) is 0 Å². The number of aromatic nitrogens is 4. The molecule has 5 nitrogen and oxygen atoms in total. The van der Waals surface area contributed by atoms with Crippen molar-refractivity contribution in [3.63, 3.8) is 0 Å². The van der Waals surface area contributed by atoms with E-state index in [1.165, 1.54) is 10.6 Å². The molecule has 13 rings (SSSR count). The zero-order valence-electron chi connectivity index (χ0n) is 49.5. The lowest BCUT2D eigenvalue weighted by molar-refractivity contribution is -0.571. The highest BCUT2D eigenvalue weighted by molar-refractivity contribution is 6.09. The van der Waals surface area contributed by atoms with Crippen molar-refractivity contribution in [3.05, 3.63) is 197 Å². The monoisotopic (exact) mass is 1150 g/mol. The third-order valence-corrected chi connectivity index (χ3v) is 19.0. The number of halogens is 8. The van der Waals surface area contributed by atoms with E-state index in [4.69, 9.17) is 9.72 Å². The number of nitrogens with zero attached hydrogens (tertiary/aromatic N) is 4. The van der Waals surface area contributed by atoms with E-state index in [9.17, 15) is 0 Å². The second kappa shape index (κ2) is 18.4. The van der Waals surface area contributed by atoms with E-state index in [0.29, 0.717) is 46.3 Å². The van der Waals surface area contributed by atoms with Gasteiger partial charge in [-0.05, 0) is 152 Å². The van der Waals surface area contributed by atoms with Gasteiger partial charge >= 0.3 is 23.7 Å². The van der Waals surface area contributed by atoms with E-state index in [2.05, 4.69) is 91.4 Å². The van der Waals surface area contributed by atoms with Crippen LogP contribution in [0.2, 0.25) is 0 Å². The molecule has 0 aliphatic heterocycles. The summed E-state index contributed by atoms with van der Waals surface area (Å²) in [5.74, 6) is -23.0. The average molecular weight is 1160 g/mol.